The van der Waals surface area contributed by atoms with Gasteiger partial charge in [-0.25, -0.2) is 4.39 Å². The predicted octanol–water partition coefficient (Wildman–Crippen LogP) is 2.82. The minimum absolute atomic E-state index is 0.126. The zero-order valence-corrected chi connectivity index (χ0v) is 26.5. The van der Waals surface area contributed by atoms with Crippen molar-refractivity contribution in [3.8, 4) is 6.01 Å². The van der Waals surface area contributed by atoms with Crippen LogP contribution in [-0.4, -0.2) is 94.1 Å². The van der Waals surface area contributed by atoms with Gasteiger partial charge in [-0.1, -0.05) is 6.07 Å². The number of halogens is 1. The molecule has 46 heavy (non-hydrogen) atoms. The van der Waals surface area contributed by atoms with Crippen LogP contribution in [0.15, 0.2) is 24.3 Å². The van der Waals surface area contributed by atoms with E-state index in [1.165, 1.54) is 0 Å². The average Bonchev–Trinajstić information content (AvgIpc) is 3.66. The van der Waals surface area contributed by atoms with Crippen molar-refractivity contribution in [2.45, 2.75) is 75.7 Å². The van der Waals surface area contributed by atoms with E-state index in [0.717, 1.165) is 66.2 Å². The molecule has 12 nitrogen and oxygen atoms in total. The molecular formula is C33H41FN8O4. The van der Waals surface area contributed by atoms with E-state index in [1.807, 2.05) is 28.9 Å². The van der Waals surface area contributed by atoms with Gasteiger partial charge in [0.25, 0.3) is 5.91 Å². The first kappa shape index (κ1) is 29.6. The molecular weight excluding hydrogens is 591 g/mol. The lowest BCUT2D eigenvalue weighted by Gasteiger charge is -2.42. The molecule has 5 aliphatic heterocycles. The minimum Gasteiger partial charge on any atom is -0.461 e. The summed E-state index contributed by atoms with van der Waals surface area (Å²) in [7, 11) is 3.46. The van der Waals surface area contributed by atoms with E-state index < -0.39 is 11.8 Å². The quantitative estimate of drug-likeness (QED) is 0.420. The third-order valence-corrected chi connectivity index (χ3v) is 10.4. The summed E-state index contributed by atoms with van der Waals surface area (Å²) >= 11 is 0. The fourth-order valence-electron chi connectivity index (χ4n) is 8.08. The van der Waals surface area contributed by atoms with Gasteiger partial charge >= 0.3 is 6.01 Å². The molecule has 0 radical (unpaired) electrons. The van der Waals surface area contributed by atoms with E-state index in [9.17, 15) is 9.18 Å². The number of hydrogen-bond donors (Lipinski definition) is 1. The van der Waals surface area contributed by atoms with Gasteiger partial charge in [-0.2, -0.15) is 15.1 Å². The molecule has 8 rings (SSSR count). The molecule has 0 bridgehead atoms. The number of aryl methyl sites for hydroxylation is 1. The van der Waals surface area contributed by atoms with Crippen LogP contribution in [0.5, 0.6) is 6.01 Å². The Hall–Kier alpha value is -3.81. The van der Waals surface area contributed by atoms with Gasteiger partial charge in [0.2, 0.25) is 0 Å². The Bertz CT molecular complexity index is 1680. The van der Waals surface area contributed by atoms with Crippen LogP contribution in [0.3, 0.4) is 0 Å². The first-order chi connectivity index (χ1) is 22.2. The molecule has 2 saturated heterocycles. The van der Waals surface area contributed by atoms with Gasteiger partial charge in [0.1, 0.15) is 24.2 Å². The molecule has 3 atom stereocenters. The van der Waals surface area contributed by atoms with Crippen LogP contribution >= 0.6 is 0 Å². The Kier molecular flexibility index (Phi) is 7.18. The number of ether oxygens (including phenoxy) is 3. The highest BCUT2D eigenvalue weighted by molar-refractivity contribution is 5.92. The van der Waals surface area contributed by atoms with Crippen LogP contribution in [0, 0.1) is 0 Å². The summed E-state index contributed by atoms with van der Waals surface area (Å²) in [6.07, 6.45) is 2.87. The number of anilines is 2. The molecule has 7 heterocycles. The van der Waals surface area contributed by atoms with Gasteiger partial charge in [0.05, 0.1) is 43.3 Å². The highest BCUT2D eigenvalue weighted by Gasteiger charge is 2.50. The highest BCUT2D eigenvalue weighted by Crippen LogP contribution is 2.44. The normalized spacial score (nSPS) is 27.1. The maximum atomic E-state index is 14.6. The monoisotopic (exact) mass is 632 g/mol. The summed E-state index contributed by atoms with van der Waals surface area (Å²) in [5.41, 5.74) is 11.1. The maximum absolute atomic E-state index is 14.6. The molecule has 1 amide bonds. The molecule has 2 aromatic heterocycles. The zero-order valence-electron chi connectivity index (χ0n) is 26.5. The lowest BCUT2D eigenvalue weighted by molar-refractivity contribution is -0.136. The van der Waals surface area contributed by atoms with E-state index in [2.05, 4.69) is 14.9 Å². The summed E-state index contributed by atoms with van der Waals surface area (Å²) in [6, 6.07) is 8.06. The molecule has 1 aromatic carbocycles. The standard InChI is InChI=1S/C33H41FN8O4/c1-39(2)30(43)27-12-24-16-40(8-4-10-42(24)38-27)29-25-18-46-33(20-44-17-21-5-6-23(35)11-26(21)33)14-28(25)36-31(37-29)45-19-32-7-3-9-41(32)15-22(34)13-32/h5-6,11-12,22H,3-4,7-10,13-20,35H2,1-2H3/t22-,32+,33-/m1/s1. The van der Waals surface area contributed by atoms with Crippen LogP contribution in [0.2, 0.25) is 0 Å². The van der Waals surface area contributed by atoms with Crippen LogP contribution < -0.4 is 15.4 Å². The molecule has 13 heteroatoms. The largest absolute Gasteiger partial charge is 0.461 e. The second-order valence-electron chi connectivity index (χ2n) is 13.7. The van der Waals surface area contributed by atoms with Gasteiger partial charge in [-0.15, -0.1) is 0 Å². The van der Waals surface area contributed by atoms with Gasteiger partial charge in [-0.3, -0.25) is 14.4 Å². The van der Waals surface area contributed by atoms with E-state index >= 15 is 0 Å². The van der Waals surface area contributed by atoms with Crippen LogP contribution in [-0.2, 0) is 47.8 Å². The van der Waals surface area contributed by atoms with Gasteiger partial charge in [0, 0.05) is 57.8 Å². The molecule has 0 saturated carbocycles. The number of benzene rings is 1. The SMILES string of the molecule is CN(C)C(=O)c1cc2n(n1)CCCN(c1nc(OC[C@@]34CCCN3C[C@H](F)C4)nc3c1CO[C@@]1(COCc4ccc(N)cc41)C3)C2. The Morgan fingerprint density at radius 2 is 2.07 bits per heavy atom. The highest BCUT2D eigenvalue weighted by atomic mass is 19.1. The fraction of sp³-hybridized carbons (Fsp3) is 0.576. The summed E-state index contributed by atoms with van der Waals surface area (Å²) in [4.78, 5) is 28.7. The molecule has 5 aliphatic rings. The molecule has 0 unspecified atom stereocenters. The van der Waals surface area contributed by atoms with Crippen molar-refractivity contribution in [2.24, 2.45) is 0 Å². The van der Waals surface area contributed by atoms with Crippen LogP contribution in [0.1, 0.15) is 64.2 Å². The van der Waals surface area contributed by atoms with Gasteiger partial charge in [-0.05, 0) is 55.1 Å². The molecule has 2 N–H and O–H groups in total. The number of fused-ring (bicyclic) bond motifs is 5. The van der Waals surface area contributed by atoms with E-state index in [-0.39, 0.29) is 11.4 Å². The summed E-state index contributed by atoms with van der Waals surface area (Å²) < 4.78 is 35.7. The molecule has 244 valence electrons. The third-order valence-electron chi connectivity index (χ3n) is 10.4. The molecule has 1 spiro atoms. The lowest BCUT2D eigenvalue weighted by Crippen LogP contribution is -2.45. The van der Waals surface area contributed by atoms with Crippen molar-refractivity contribution >= 4 is 17.4 Å². The number of nitrogens with two attached hydrogens (primary N) is 1. The zero-order chi connectivity index (χ0) is 31.6. The number of alkyl halides is 1. The van der Waals surface area contributed by atoms with Crippen molar-refractivity contribution in [1.29, 1.82) is 0 Å². The summed E-state index contributed by atoms with van der Waals surface area (Å²) in [6.45, 7) is 4.84. The topological polar surface area (TPSA) is 124 Å². The summed E-state index contributed by atoms with van der Waals surface area (Å²) in [5.74, 6) is 0.629. The number of carbonyl (C=O) groups is 1. The van der Waals surface area contributed by atoms with Gasteiger partial charge in [0.15, 0.2) is 5.69 Å². The van der Waals surface area contributed by atoms with E-state index in [4.69, 9.17) is 29.9 Å². The number of amides is 1. The van der Waals surface area contributed by atoms with Crippen LogP contribution in [0.25, 0.3) is 0 Å². The number of hydrogen-bond acceptors (Lipinski definition) is 10. The van der Waals surface area contributed by atoms with Crippen molar-refractivity contribution in [3.05, 3.63) is 58.0 Å². The Morgan fingerprint density at radius 3 is 2.93 bits per heavy atom. The second kappa shape index (κ2) is 11.2. The predicted molar refractivity (Wildman–Crippen MR) is 167 cm³/mol. The number of aromatic nitrogens is 4. The Labute approximate surface area is 267 Å². The number of nitrogens with zero attached hydrogens (tertiary/aromatic N) is 7. The van der Waals surface area contributed by atoms with E-state index in [1.54, 1.807) is 19.0 Å². The van der Waals surface area contributed by atoms with Crippen molar-refractivity contribution in [1.82, 2.24) is 29.5 Å². The Morgan fingerprint density at radius 1 is 1.17 bits per heavy atom. The maximum Gasteiger partial charge on any atom is 0.318 e. The minimum atomic E-state index is -0.842. The molecule has 3 aromatic rings. The summed E-state index contributed by atoms with van der Waals surface area (Å²) in [5, 5.41) is 4.62. The number of nitrogen functional groups attached to an aromatic ring is 1. The average molecular weight is 633 g/mol. The van der Waals surface area contributed by atoms with Gasteiger partial charge < -0.3 is 29.7 Å². The van der Waals surface area contributed by atoms with Crippen molar-refractivity contribution in [2.75, 3.05) is 57.6 Å². The third kappa shape index (κ3) is 4.99. The van der Waals surface area contributed by atoms with Crippen LogP contribution in [0.4, 0.5) is 15.9 Å². The number of rotatable bonds is 5. The Balaban J connectivity index is 1.16. The molecule has 0 aliphatic carbocycles. The first-order valence-electron chi connectivity index (χ1n) is 16.3. The lowest BCUT2D eigenvalue weighted by atomic mass is 9.82. The van der Waals surface area contributed by atoms with Crippen molar-refractivity contribution in [3.63, 3.8) is 0 Å². The van der Waals surface area contributed by atoms with E-state index in [0.29, 0.717) is 76.3 Å². The number of carbonyl (C=O) groups excluding carboxylic acids is 1. The fourth-order valence-corrected chi connectivity index (χ4v) is 8.08. The first-order valence-corrected chi connectivity index (χ1v) is 16.3. The molecule has 2 fully saturated rings. The van der Waals surface area contributed by atoms with Crippen molar-refractivity contribution < 1.29 is 23.4 Å². The smallest absolute Gasteiger partial charge is 0.318 e. The second-order valence-corrected chi connectivity index (χ2v) is 13.7.